The molecule has 144 valence electrons. The molecule has 0 saturated heterocycles. The van der Waals surface area contributed by atoms with Gasteiger partial charge < -0.3 is 5.32 Å². The lowest BCUT2D eigenvalue weighted by atomic mass is 10.1. The Bertz CT molecular complexity index is 1070. The van der Waals surface area contributed by atoms with Crippen molar-refractivity contribution in [2.45, 2.75) is 26.4 Å². The van der Waals surface area contributed by atoms with Crippen molar-refractivity contribution in [2.24, 2.45) is 0 Å². The normalized spacial score (nSPS) is 10.6. The first kappa shape index (κ1) is 19.2. The molecule has 1 N–H and O–H groups in total. The van der Waals surface area contributed by atoms with Gasteiger partial charge >= 0.3 is 0 Å². The predicted molar refractivity (Wildman–Crippen MR) is 105 cm³/mol. The minimum atomic E-state index is -0.291. The van der Waals surface area contributed by atoms with E-state index in [0.717, 1.165) is 11.1 Å². The zero-order chi connectivity index (χ0) is 19.9. The highest BCUT2D eigenvalue weighted by Gasteiger charge is 2.07. The van der Waals surface area contributed by atoms with Crippen LogP contribution in [-0.4, -0.2) is 31.8 Å². The van der Waals surface area contributed by atoms with Crippen LogP contribution in [0.5, 0.6) is 0 Å². The van der Waals surface area contributed by atoms with E-state index in [4.69, 9.17) is 0 Å². The van der Waals surface area contributed by atoms with Crippen molar-refractivity contribution in [3.05, 3.63) is 81.3 Å². The summed E-state index contributed by atoms with van der Waals surface area (Å²) in [7, 11) is 0. The number of amides is 1. The Labute approximate surface area is 161 Å². The number of carbonyl (C=O) groups excluding carboxylic acids is 1. The molecular weight excluding hydrogens is 358 g/mol. The molecule has 0 aliphatic carbocycles. The van der Waals surface area contributed by atoms with Crippen molar-refractivity contribution in [1.82, 2.24) is 24.6 Å². The third-order valence-corrected chi connectivity index (χ3v) is 4.19. The largest absolute Gasteiger partial charge is 0.354 e. The van der Waals surface area contributed by atoms with Crippen molar-refractivity contribution < 1.29 is 4.79 Å². The number of rotatable bonds is 7. The van der Waals surface area contributed by atoms with Crippen molar-refractivity contribution in [2.75, 3.05) is 6.54 Å². The number of hydrogen-bond donors (Lipinski definition) is 1. The van der Waals surface area contributed by atoms with Crippen LogP contribution in [0.1, 0.15) is 12.0 Å². The van der Waals surface area contributed by atoms with Crippen LogP contribution < -0.4 is 16.4 Å². The van der Waals surface area contributed by atoms with Crippen molar-refractivity contribution in [3.8, 4) is 11.3 Å². The third-order valence-electron chi connectivity index (χ3n) is 4.19. The maximum atomic E-state index is 12.3. The zero-order valence-corrected chi connectivity index (χ0v) is 15.5. The molecule has 0 radical (unpaired) electrons. The maximum absolute atomic E-state index is 12.3. The molecule has 2 aromatic heterocycles. The molecule has 0 spiro atoms. The predicted octanol–water partition coefficient (Wildman–Crippen LogP) is 0.982. The number of nitrogens with one attached hydrogen (secondary N) is 1. The van der Waals surface area contributed by atoms with Crippen LogP contribution in [0.15, 0.2) is 64.6 Å². The lowest BCUT2D eigenvalue weighted by molar-refractivity contribution is -0.121. The van der Waals surface area contributed by atoms with Gasteiger partial charge in [-0.15, -0.1) is 0 Å². The summed E-state index contributed by atoms with van der Waals surface area (Å²) in [6.45, 7) is 2.67. The van der Waals surface area contributed by atoms with E-state index in [2.05, 4.69) is 15.4 Å². The van der Waals surface area contributed by atoms with Crippen molar-refractivity contribution in [1.29, 1.82) is 0 Å². The van der Waals surface area contributed by atoms with Gasteiger partial charge in [0.05, 0.1) is 12.0 Å². The molecule has 28 heavy (non-hydrogen) atoms. The van der Waals surface area contributed by atoms with Gasteiger partial charge in [0.1, 0.15) is 6.54 Å². The van der Waals surface area contributed by atoms with Crippen LogP contribution in [0.4, 0.5) is 0 Å². The molecule has 1 aromatic carbocycles. The molecule has 0 aliphatic rings. The van der Waals surface area contributed by atoms with E-state index in [-0.39, 0.29) is 23.6 Å². The van der Waals surface area contributed by atoms with Crippen molar-refractivity contribution in [3.63, 3.8) is 0 Å². The topological polar surface area (TPSA) is 98.9 Å². The SMILES string of the molecule is Cc1ccc(-c2cc(=O)n(CC(=O)NCCCn3ncccc3=O)cn2)cc1. The van der Waals surface area contributed by atoms with Gasteiger partial charge in [-0.25, -0.2) is 9.67 Å². The highest BCUT2D eigenvalue weighted by atomic mass is 16.2. The summed E-state index contributed by atoms with van der Waals surface area (Å²) in [6, 6.07) is 12.2. The van der Waals surface area contributed by atoms with Gasteiger partial charge in [-0.2, -0.15) is 5.10 Å². The van der Waals surface area contributed by atoms with E-state index in [1.54, 1.807) is 12.3 Å². The maximum Gasteiger partial charge on any atom is 0.266 e. The van der Waals surface area contributed by atoms with Gasteiger partial charge in [0.25, 0.3) is 11.1 Å². The Morgan fingerprint density at radius 2 is 1.89 bits per heavy atom. The number of aryl methyl sites for hydroxylation is 2. The molecule has 0 aliphatic heterocycles. The number of hydrogen-bond acceptors (Lipinski definition) is 5. The van der Waals surface area contributed by atoms with Crippen molar-refractivity contribution >= 4 is 5.91 Å². The second-order valence-corrected chi connectivity index (χ2v) is 6.39. The van der Waals surface area contributed by atoms with Gasteiger partial charge in [-0.3, -0.25) is 19.0 Å². The highest BCUT2D eigenvalue weighted by Crippen LogP contribution is 2.15. The monoisotopic (exact) mass is 379 g/mol. The Morgan fingerprint density at radius 3 is 2.61 bits per heavy atom. The van der Waals surface area contributed by atoms with E-state index in [9.17, 15) is 14.4 Å². The van der Waals surface area contributed by atoms with E-state index >= 15 is 0 Å². The van der Waals surface area contributed by atoms with Gasteiger partial charge in [0, 0.05) is 37.0 Å². The van der Waals surface area contributed by atoms with Gasteiger partial charge in [-0.05, 0) is 19.4 Å². The fourth-order valence-corrected chi connectivity index (χ4v) is 2.65. The second kappa shape index (κ2) is 8.90. The first-order chi connectivity index (χ1) is 13.5. The second-order valence-electron chi connectivity index (χ2n) is 6.39. The summed E-state index contributed by atoms with van der Waals surface area (Å²) in [5.41, 5.74) is 2.08. The fourth-order valence-electron chi connectivity index (χ4n) is 2.65. The first-order valence-electron chi connectivity index (χ1n) is 8.95. The molecule has 0 unspecified atom stereocenters. The van der Waals surface area contributed by atoms with Crippen LogP contribution >= 0.6 is 0 Å². The molecule has 1 amide bonds. The summed E-state index contributed by atoms with van der Waals surface area (Å²) >= 11 is 0. The Kier molecular flexibility index (Phi) is 6.11. The summed E-state index contributed by atoms with van der Waals surface area (Å²) in [6.07, 6.45) is 3.48. The van der Waals surface area contributed by atoms with E-state index in [0.29, 0.717) is 25.2 Å². The molecule has 0 atom stereocenters. The smallest absolute Gasteiger partial charge is 0.266 e. The van der Waals surface area contributed by atoms with Crippen LogP contribution in [0.3, 0.4) is 0 Å². The Hall–Kier alpha value is -3.55. The minimum Gasteiger partial charge on any atom is -0.354 e. The highest BCUT2D eigenvalue weighted by molar-refractivity contribution is 5.75. The lowest BCUT2D eigenvalue weighted by Crippen LogP contribution is -2.33. The molecule has 2 heterocycles. The summed E-state index contributed by atoms with van der Waals surface area (Å²) in [5, 5.41) is 6.68. The average molecular weight is 379 g/mol. The third kappa shape index (κ3) is 5.00. The summed E-state index contributed by atoms with van der Waals surface area (Å²) in [4.78, 5) is 40.1. The lowest BCUT2D eigenvalue weighted by Gasteiger charge is -2.08. The molecule has 8 nitrogen and oxygen atoms in total. The fraction of sp³-hybridized carbons (Fsp3) is 0.250. The average Bonchev–Trinajstić information content (AvgIpc) is 2.69. The number of nitrogens with zero attached hydrogens (tertiary/aromatic N) is 4. The van der Waals surface area contributed by atoms with Crippen LogP contribution in [0.25, 0.3) is 11.3 Å². The first-order valence-corrected chi connectivity index (χ1v) is 8.95. The van der Waals surface area contributed by atoms with Crippen LogP contribution in [0.2, 0.25) is 0 Å². The Morgan fingerprint density at radius 1 is 1.11 bits per heavy atom. The Balaban J connectivity index is 1.52. The number of aromatic nitrogens is 4. The van der Waals surface area contributed by atoms with E-state index in [1.165, 1.54) is 27.7 Å². The van der Waals surface area contributed by atoms with E-state index < -0.39 is 0 Å². The standard InChI is InChI=1S/C20H21N5O3/c1-15-5-7-16(8-6-15)17-12-20(28)24(14-22-17)13-18(26)21-9-3-11-25-19(27)4-2-10-23-25/h2,4-8,10,12,14H,3,9,11,13H2,1H3,(H,21,26). The summed E-state index contributed by atoms with van der Waals surface area (Å²) in [5.74, 6) is -0.291. The van der Waals surface area contributed by atoms with Gasteiger partial charge in [0.2, 0.25) is 5.91 Å². The summed E-state index contributed by atoms with van der Waals surface area (Å²) < 4.78 is 2.60. The quantitative estimate of drug-likeness (QED) is 0.617. The van der Waals surface area contributed by atoms with Gasteiger partial charge in [0.15, 0.2) is 0 Å². The number of carbonyl (C=O) groups is 1. The molecule has 3 aromatic rings. The number of benzene rings is 1. The minimum absolute atomic E-state index is 0.108. The molecule has 8 heteroatoms. The van der Waals surface area contributed by atoms with Gasteiger partial charge in [-0.1, -0.05) is 29.8 Å². The van der Waals surface area contributed by atoms with Crippen LogP contribution in [0, 0.1) is 6.92 Å². The van der Waals surface area contributed by atoms with Crippen LogP contribution in [-0.2, 0) is 17.9 Å². The zero-order valence-electron chi connectivity index (χ0n) is 15.5. The van der Waals surface area contributed by atoms with E-state index in [1.807, 2.05) is 31.2 Å². The molecule has 3 rings (SSSR count). The molecular formula is C20H21N5O3. The molecule has 0 saturated carbocycles. The molecule has 0 bridgehead atoms. The molecule has 0 fully saturated rings.